The molecule has 2 aromatic heterocycles. The number of nitrogens with zero attached hydrogens (tertiary/aromatic N) is 1. The van der Waals surface area contributed by atoms with Gasteiger partial charge in [-0.15, -0.1) is 11.3 Å². The molecule has 0 aliphatic rings. The summed E-state index contributed by atoms with van der Waals surface area (Å²) < 4.78 is 11.5. The maximum absolute atomic E-state index is 12.4. The molecular formula is C21H26N2O4SSi. The van der Waals surface area contributed by atoms with E-state index in [-0.39, 0.29) is 17.1 Å². The van der Waals surface area contributed by atoms with Crippen LogP contribution in [0.1, 0.15) is 37.4 Å². The van der Waals surface area contributed by atoms with Crippen molar-refractivity contribution in [1.29, 1.82) is 0 Å². The molecule has 1 atom stereocenters. The molecular weight excluding hydrogens is 404 g/mol. The van der Waals surface area contributed by atoms with Crippen LogP contribution >= 0.6 is 11.3 Å². The van der Waals surface area contributed by atoms with Crippen LogP contribution in [0, 0.1) is 0 Å². The summed E-state index contributed by atoms with van der Waals surface area (Å²) in [4.78, 5) is 29.5. The molecule has 0 fully saturated rings. The van der Waals surface area contributed by atoms with Gasteiger partial charge in [-0.2, -0.15) is 0 Å². The van der Waals surface area contributed by atoms with Crippen LogP contribution in [0.3, 0.4) is 0 Å². The highest BCUT2D eigenvalue weighted by molar-refractivity contribution is 7.21. The third-order valence-corrected chi connectivity index (χ3v) is 6.97. The molecule has 2 heterocycles. The Bertz CT molecular complexity index is 1060. The lowest BCUT2D eigenvalue weighted by atomic mass is 10.1. The van der Waals surface area contributed by atoms with E-state index < -0.39 is 15.1 Å². The van der Waals surface area contributed by atoms with Gasteiger partial charge in [-0.25, -0.2) is 4.79 Å². The Morgan fingerprint density at radius 3 is 2.72 bits per heavy atom. The van der Waals surface area contributed by atoms with Gasteiger partial charge >= 0.3 is 5.97 Å². The highest BCUT2D eigenvalue weighted by atomic mass is 32.1. The monoisotopic (exact) mass is 430 g/mol. The zero-order valence-corrected chi connectivity index (χ0v) is 19.6. The van der Waals surface area contributed by atoms with Crippen molar-refractivity contribution in [3.63, 3.8) is 0 Å². The van der Waals surface area contributed by atoms with E-state index in [2.05, 4.69) is 10.3 Å². The fourth-order valence-electron chi connectivity index (χ4n) is 3.17. The Morgan fingerprint density at radius 1 is 1.28 bits per heavy atom. The number of carbonyl (C=O) groups is 2. The second-order valence-electron chi connectivity index (χ2n) is 8.08. The van der Waals surface area contributed by atoms with Crippen molar-refractivity contribution in [2.45, 2.75) is 38.8 Å². The van der Waals surface area contributed by atoms with Crippen molar-refractivity contribution in [3.05, 3.63) is 35.3 Å². The van der Waals surface area contributed by atoms with Gasteiger partial charge in [-0.3, -0.25) is 9.78 Å². The molecule has 0 aliphatic heterocycles. The number of esters is 1. The first-order chi connectivity index (χ1) is 13.7. The van der Waals surface area contributed by atoms with Crippen LogP contribution in [0.25, 0.3) is 21.0 Å². The lowest BCUT2D eigenvalue weighted by molar-refractivity contribution is 0.0606. The smallest absolute Gasteiger partial charge is 0.350 e. The predicted molar refractivity (Wildman–Crippen MR) is 121 cm³/mol. The van der Waals surface area contributed by atoms with E-state index in [4.69, 9.17) is 9.47 Å². The van der Waals surface area contributed by atoms with Crippen molar-refractivity contribution in [2.24, 2.45) is 0 Å². The van der Waals surface area contributed by atoms with Crippen LogP contribution in [-0.2, 0) is 9.47 Å². The van der Waals surface area contributed by atoms with Gasteiger partial charge in [-0.1, -0.05) is 13.0 Å². The van der Waals surface area contributed by atoms with Crippen LogP contribution in [-0.4, -0.2) is 45.3 Å². The highest BCUT2D eigenvalue weighted by Crippen LogP contribution is 2.40. The molecule has 6 nitrogen and oxygen atoms in total. The average Bonchev–Trinajstić information content (AvgIpc) is 3.03. The first-order valence-corrected chi connectivity index (χ1v) is 11.9. The summed E-state index contributed by atoms with van der Waals surface area (Å²) in [6, 6.07) is 7.82. The first kappa shape index (κ1) is 21.3. The second kappa shape index (κ2) is 8.50. The van der Waals surface area contributed by atoms with Crippen LogP contribution < -0.4 is 5.32 Å². The molecule has 154 valence electrons. The predicted octanol–water partition coefficient (Wildman–Crippen LogP) is 4.56. The molecule has 8 heteroatoms. The number of rotatable bonds is 6. The van der Waals surface area contributed by atoms with E-state index in [1.54, 1.807) is 6.20 Å². The van der Waals surface area contributed by atoms with Crippen molar-refractivity contribution < 1.29 is 19.1 Å². The Morgan fingerprint density at radius 2 is 2.03 bits per heavy atom. The number of nitrogens with one attached hydrogen (secondary N) is 1. The van der Waals surface area contributed by atoms with E-state index in [0.717, 1.165) is 26.7 Å². The van der Waals surface area contributed by atoms with Crippen molar-refractivity contribution >= 4 is 59.1 Å². The number of hydrogen-bond donors (Lipinski definition) is 1. The number of aromatic nitrogens is 1. The van der Waals surface area contributed by atoms with Gasteiger partial charge in [0, 0.05) is 28.2 Å². The summed E-state index contributed by atoms with van der Waals surface area (Å²) in [5.74, 6) is -0.372. The first-order valence-electron chi connectivity index (χ1n) is 9.54. The summed E-state index contributed by atoms with van der Waals surface area (Å²) in [6.07, 6.45) is 1.75. The molecule has 0 saturated carbocycles. The minimum atomic E-state index is -1.10. The van der Waals surface area contributed by atoms with Crippen molar-refractivity contribution in [1.82, 2.24) is 4.98 Å². The largest absolute Gasteiger partial charge is 0.465 e. The maximum atomic E-state index is 12.4. The second-order valence-corrected chi connectivity index (χ2v) is 11.5. The number of methoxy groups -OCH3 is 1. The SMILES string of the molecule is COC(=O)c1sc2ccc3ncccc3c2c1NC[C@@H](C)[SiH2]C(=O)OC(C)(C)C. The Hall–Kier alpha value is -2.45. The summed E-state index contributed by atoms with van der Waals surface area (Å²) in [5, 5.41) is 5.37. The van der Waals surface area contributed by atoms with Gasteiger partial charge in [0.15, 0.2) is 9.52 Å². The molecule has 0 amide bonds. The zero-order chi connectivity index (χ0) is 21.2. The number of fused-ring (bicyclic) bond motifs is 3. The number of ether oxygens (including phenoxy) is 2. The average molecular weight is 431 g/mol. The molecule has 3 rings (SSSR count). The highest BCUT2D eigenvalue weighted by Gasteiger charge is 2.23. The summed E-state index contributed by atoms with van der Waals surface area (Å²) in [5.41, 5.74) is 1.22. The number of thiophene rings is 1. The molecule has 0 saturated heterocycles. The normalized spacial score (nSPS) is 13.1. The molecule has 29 heavy (non-hydrogen) atoms. The standard InChI is InChI=1S/C21H26N2O4SSi/c1-12(29-20(25)27-21(2,3)4)11-23-17-16-13-7-6-10-22-14(13)8-9-15(16)28-18(17)19(24)26-5/h6-10,12,23H,11,29H2,1-5H3/t12-/m1/s1. The quantitative estimate of drug-likeness (QED) is 0.456. The maximum Gasteiger partial charge on any atom is 0.350 e. The Balaban J connectivity index is 1.90. The minimum absolute atomic E-state index is 0.0928. The number of pyridine rings is 1. The number of carbonyl (C=O) groups excluding carboxylic acids is 2. The van der Waals surface area contributed by atoms with E-state index in [1.807, 2.05) is 52.0 Å². The van der Waals surface area contributed by atoms with E-state index >= 15 is 0 Å². The van der Waals surface area contributed by atoms with Crippen LogP contribution in [0.5, 0.6) is 0 Å². The summed E-state index contributed by atoms with van der Waals surface area (Å²) in [6.45, 7) is 8.25. The molecule has 1 aromatic carbocycles. The lowest BCUT2D eigenvalue weighted by Gasteiger charge is -2.21. The van der Waals surface area contributed by atoms with Crippen LogP contribution in [0.15, 0.2) is 30.5 Å². The van der Waals surface area contributed by atoms with Crippen molar-refractivity contribution in [3.8, 4) is 0 Å². The van der Waals surface area contributed by atoms with Crippen LogP contribution in [0.4, 0.5) is 10.5 Å². The Labute approximate surface area is 176 Å². The summed E-state index contributed by atoms with van der Waals surface area (Å²) >= 11 is 1.40. The molecule has 3 aromatic rings. The number of benzene rings is 1. The third-order valence-electron chi connectivity index (χ3n) is 4.37. The molecule has 0 bridgehead atoms. The molecule has 0 radical (unpaired) electrons. The number of anilines is 1. The van der Waals surface area contributed by atoms with Gasteiger partial charge in [0.1, 0.15) is 10.5 Å². The van der Waals surface area contributed by atoms with Gasteiger partial charge in [0.05, 0.1) is 18.3 Å². The van der Waals surface area contributed by atoms with Gasteiger partial charge in [0.2, 0.25) is 0 Å². The molecule has 1 N–H and O–H groups in total. The summed E-state index contributed by atoms with van der Waals surface area (Å²) in [7, 11) is 0.286. The van der Waals surface area contributed by atoms with E-state index in [1.165, 1.54) is 18.4 Å². The minimum Gasteiger partial charge on any atom is -0.465 e. The Kier molecular flexibility index (Phi) is 6.23. The fraction of sp³-hybridized carbons (Fsp3) is 0.381. The van der Waals surface area contributed by atoms with Gasteiger partial charge in [-0.05, 0) is 44.5 Å². The third kappa shape index (κ3) is 4.94. The molecule has 0 spiro atoms. The van der Waals surface area contributed by atoms with E-state index in [9.17, 15) is 9.59 Å². The fourth-order valence-corrected chi connectivity index (χ4v) is 5.66. The van der Waals surface area contributed by atoms with Gasteiger partial charge in [0.25, 0.3) is 5.59 Å². The lowest BCUT2D eigenvalue weighted by Crippen LogP contribution is -2.29. The number of hydrogen-bond acceptors (Lipinski definition) is 7. The van der Waals surface area contributed by atoms with Crippen LogP contribution in [0.2, 0.25) is 5.54 Å². The van der Waals surface area contributed by atoms with E-state index in [0.29, 0.717) is 11.4 Å². The molecule has 0 unspecified atom stereocenters. The zero-order valence-electron chi connectivity index (χ0n) is 17.4. The molecule has 0 aliphatic carbocycles. The van der Waals surface area contributed by atoms with Gasteiger partial charge < -0.3 is 14.8 Å². The van der Waals surface area contributed by atoms with Crippen molar-refractivity contribution in [2.75, 3.05) is 19.0 Å². The topological polar surface area (TPSA) is 77.5 Å².